The lowest BCUT2D eigenvalue weighted by atomic mass is 9.93. The lowest BCUT2D eigenvalue weighted by Gasteiger charge is -2.24. The maximum absolute atomic E-state index is 12.5. The molecule has 0 spiro atoms. The highest BCUT2D eigenvalue weighted by atomic mass is 32.1. The third kappa shape index (κ3) is 5.95. The van der Waals surface area contributed by atoms with Gasteiger partial charge in [-0.1, -0.05) is 49.4 Å². The maximum atomic E-state index is 12.5. The quantitative estimate of drug-likeness (QED) is 0.232. The zero-order chi connectivity index (χ0) is 29.6. The van der Waals surface area contributed by atoms with Gasteiger partial charge in [0.05, 0.1) is 17.3 Å². The Morgan fingerprint density at radius 1 is 1.12 bits per heavy atom. The first-order valence-electron chi connectivity index (χ1n) is 14.7. The Labute approximate surface area is 253 Å². The van der Waals surface area contributed by atoms with E-state index in [-0.39, 0.29) is 5.41 Å². The summed E-state index contributed by atoms with van der Waals surface area (Å²) in [4.78, 5) is 26.2. The van der Waals surface area contributed by atoms with Gasteiger partial charge in [-0.3, -0.25) is 14.6 Å². The Morgan fingerprint density at radius 2 is 1.98 bits per heavy atom. The van der Waals surface area contributed by atoms with Gasteiger partial charge in [0.1, 0.15) is 17.2 Å². The van der Waals surface area contributed by atoms with Gasteiger partial charge in [0.15, 0.2) is 10.8 Å². The topological polar surface area (TPSA) is 119 Å². The second kappa shape index (κ2) is 11.3. The highest BCUT2D eigenvalue weighted by Gasteiger charge is 2.35. The summed E-state index contributed by atoms with van der Waals surface area (Å²) in [6.45, 7) is 10.5. The number of benzene rings is 1. The number of rotatable bonds is 7. The minimum atomic E-state index is -0.394. The molecule has 2 aliphatic rings. The molecule has 2 saturated heterocycles. The van der Waals surface area contributed by atoms with E-state index in [0.717, 1.165) is 52.8 Å². The van der Waals surface area contributed by atoms with Crippen LogP contribution in [0.2, 0.25) is 0 Å². The van der Waals surface area contributed by atoms with Gasteiger partial charge in [0, 0.05) is 61.2 Å². The minimum Gasteiger partial charge on any atom is -0.476 e. The van der Waals surface area contributed by atoms with Gasteiger partial charge < -0.3 is 19.3 Å². The number of imidazole rings is 1. The molecule has 11 nitrogen and oxygen atoms in total. The highest BCUT2D eigenvalue weighted by Crippen LogP contribution is 2.31. The molecule has 12 heteroatoms. The number of ether oxygens (including phenoxy) is 2. The molecule has 2 fully saturated rings. The SMILES string of the molecule is CC(C)(C)c1cc(NC(=O)Nc2ccc(-c3cn4c(n3)sc3nc(OCCN5CC6CCCOC6C5)ccc34)cc2)no1. The summed E-state index contributed by atoms with van der Waals surface area (Å²) in [6, 6.07) is 12.9. The molecule has 4 aromatic heterocycles. The lowest BCUT2D eigenvalue weighted by molar-refractivity contribution is -0.00123. The molecule has 43 heavy (non-hydrogen) atoms. The van der Waals surface area contributed by atoms with E-state index >= 15 is 0 Å². The summed E-state index contributed by atoms with van der Waals surface area (Å²) in [7, 11) is 0. The average molecular weight is 602 g/mol. The highest BCUT2D eigenvalue weighted by molar-refractivity contribution is 7.23. The molecule has 2 atom stereocenters. The fourth-order valence-corrected chi connectivity index (χ4v) is 6.69. The minimum absolute atomic E-state index is 0.191. The number of pyridine rings is 1. The molecular formula is C31H35N7O4S. The van der Waals surface area contributed by atoms with E-state index in [2.05, 4.69) is 25.1 Å². The smallest absolute Gasteiger partial charge is 0.324 e. The normalized spacial score (nSPS) is 19.1. The third-order valence-electron chi connectivity index (χ3n) is 8.03. The Bertz CT molecular complexity index is 1740. The number of carbonyl (C=O) groups excluding carboxylic acids is 1. The summed E-state index contributed by atoms with van der Waals surface area (Å²) < 4.78 is 19.3. The fourth-order valence-electron chi connectivity index (χ4n) is 5.71. The summed E-state index contributed by atoms with van der Waals surface area (Å²) in [5.74, 6) is 2.37. The molecule has 2 unspecified atom stereocenters. The number of amides is 2. The zero-order valence-corrected chi connectivity index (χ0v) is 25.3. The molecule has 0 aliphatic carbocycles. The summed E-state index contributed by atoms with van der Waals surface area (Å²) in [6.07, 6.45) is 4.85. The van der Waals surface area contributed by atoms with Crippen molar-refractivity contribution in [3.05, 3.63) is 54.4 Å². The van der Waals surface area contributed by atoms with Crippen molar-refractivity contribution in [3.8, 4) is 17.1 Å². The second-order valence-corrected chi connectivity index (χ2v) is 13.2. The molecule has 2 amide bonds. The number of nitrogens with zero attached hydrogens (tertiary/aromatic N) is 5. The number of likely N-dealkylation sites (tertiary alicyclic amines) is 1. The third-order valence-corrected chi connectivity index (χ3v) is 8.99. The van der Waals surface area contributed by atoms with Crippen LogP contribution in [0.5, 0.6) is 5.88 Å². The number of hydrogen-bond acceptors (Lipinski definition) is 9. The van der Waals surface area contributed by atoms with Gasteiger partial charge in [0.2, 0.25) is 5.88 Å². The standard InChI is InChI=1S/C31H35N7O4S/c1-31(2,3)25-15-26(36-42-25)34-29(39)32-21-8-6-19(7-9-21)22-17-38-23-10-11-27(35-28(23)43-30(38)33-22)41-14-12-37-16-20-5-4-13-40-24(20)18-37/h6-11,15,17,20,24H,4-5,12-14,16,18H2,1-3H3,(H2,32,34,36,39). The van der Waals surface area contributed by atoms with Crippen LogP contribution in [-0.2, 0) is 10.2 Å². The van der Waals surface area contributed by atoms with Crippen molar-refractivity contribution in [2.24, 2.45) is 5.92 Å². The van der Waals surface area contributed by atoms with Crippen LogP contribution in [0.25, 0.3) is 26.6 Å². The molecule has 0 bridgehead atoms. The average Bonchev–Trinajstić information content (AvgIpc) is 3.76. The van der Waals surface area contributed by atoms with Crippen LogP contribution in [-0.4, -0.2) is 69.4 Å². The van der Waals surface area contributed by atoms with Crippen molar-refractivity contribution < 1.29 is 18.8 Å². The lowest BCUT2D eigenvalue weighted by Crippen LogP contribution is -2.29. The number of thiazole rings is 1. The van der Waals surface area contributed by atoms with Crippen molar-refractivity contribution in [1.29, 1.82) is 0 Å². The second-order valence-electron chi connectivity index (χ2n) is 12.3. The van der Waals surface area contributed by atoms with E-state index < -0.39 is 6.03 Å². The van der Waals surface area contributed by atoms with Crippen LogP contribution in [0.4, 0.5) is 16.3 Å². The van der Waals surface area contributed by atoms with Gasteiger partial charge in [0.25, 0.3) is 0 Å². The molecule has 0 radical (unpaired) electrons. The van der Waals surface area contributed by atoms with Gasteiger partial charge >= 0.3 is 6.03 Å². The van der Waals surface area contributed by atoms with Crippen molar-refractivity contribution in [3.63, 3.8) is 0 Å². The van der Waals surface area contributed by atoms with E-state index in [9.17, 15) is 4.79 Å². The van der Waals surface area contributed by atoms with Crippen molar-refractivity contribution in [2.75, 3.05) is 43.5 Å². The first kappa shape index (κ1) is 27.8. The van der Waals surface area contributed by atoms with E-state index in [1.807, 2.05) is 63.4 Å². The molecule has 0 saturated carbocycles. The summed E-state index contributed by atoms with van der Waals surface area (Å²) >= 11 is 1.53. The Kier molecular flexibility index (Phi) is 7.28. The van der Waals surface area contributed by atoms with E-state index in [4.69, 9.17) is 24.0 Å². The van der Waals surface area contributed by atoms with Gasteiger partial charge in [-0.05, 0) is 37.0 Å². The van der Waals surface area contributed by atoms with E-state index in [1.165, 1.54) is 24.2 Å². The number of fused-ring (bicyclic) bond motifs is 4. The van der Waals surface area contributed by atoms with Crippen LogP contribution < -0.4 is 15.4 Å². The molecular weight excluding hydrogens is 566 g/mol. The number of urea groups is 1. The maximum Gasteiger partial charge on any atom is 0.324 e. The van der Waals surface area contributed by atoms with E-state index in [1.54, 1.807) is 6.07 Å². The largest absolute Gasteiger partial charge is 0.476 e. The van der Waals surface area contributed by atoms with E-state index in [0.29, 0.717) is 41.8 Å². The summed E-state index contributed by atoms with van der Waals surface area (Å²) in [5.41, 5.74) is 3.24. The predicted molar refractivity (Wildman–Crippen MR) is 166 cm³/mol. The van der Waals surface area contributed by atoms with Gasteiger partial charge in [-0.15, -0.1) is 0 Å². The van der Waals surface area contributed by atoms with Crippen LogP contribution in [0.1, 0.15) is 39.4 Å². The van der Waals surface area contributed by atoms with Crippen LogP contribution in [0.3, 0.4) is 0 Å². The van der Waals surface area contributed by atoms with Gasteiger partial charge in [-0.25, -0.2) is 14.8 Å². The van der Waals surface area contributed by atoms with Crippen LogP contribution >= 0.6 is 11.3 Å². The van der Waals surface area contributed by atoms with Crippen molar-refractivity contribution >= 4 is 44.2 Å². The molecule has 6 heterocycles. The monoisotopic (exact) mass is 601 g/mol. The fraction of sp³-hybridized carbons (Fsp3) is 0.419. The van der Waals surface area contributed by atoms with Crippen LogP contribution in [0.15, 0.2) is 53.2 Å². The number of carbonyl (C=O) groups is 1. The van der Waals surface area contributed by atoms with Crippen molar-refractivity contribution in [2.45, 2.75) is 45.1 Å². The number of anilines is 2. The molecule has 224 valence electrons. The van der Waals surface area contributed by atoms with Crippen molar-refractivity contribution in [1.82, 2.24) is 24.4 Å². The zero-order valence-electron chi connectivity index (χ0n) is 24.5. The van der Waals surface area contributed by atoms with Gasteiger partial charge in [-0.2, -0.15) is 0 Å². The molecule has 2 N–H and O–H groups in total. The predicted octanol–water partition coefficient (Wildman–Crippen LogP) is 6.03. The number of nitrogens with one attached hydrogen (secondary N) is 2. The molecule has 1 aromatic carbocycles. The molecule has 2 aliphatic heterocycles. The Hall–Kier alpha value is -4.00. The Morgan fingerprint density at radius 3 is 2.77 bits per heavy atom. The number of hydrogen-bond donors (Lipinski definition) is 2. The molecule has 7 rings (SSSR count). The molecule has 5 aromatic rings. The first-order valence-corrected chi connectivity index (χ1v) is 15.5. The number of aromatic nitrogens is 4. The van der Waals surface area contributed by atoms with Crippen LogP contribution in [0, 0.1) is 5.92 Å². The Balaban J connectivity index is 0.957. The summed E-state index contributed by atoms with van der Waals surface area (Å²) in [5, 5.41) is 9.46. The first-order chi connectivity index (χ1) is 20.8.